The van der Waals surface area contributed by atoms with Crippen molar-refractivity contribution in [2.45, 2.75) is 25.8 Å². The van der Waals surface area contributed by atoms with Crippen LogP contribution in [0.25, 0.3) is 0 Å². The molecule has 2 rings (SSSR count). The van der Waals surface area contributed by atoms with Crippen LogP contribution in [-0.2, 0) is 13.5 Å². The zero-order valence-corrected chi connectivity index (χ0v) is 13.3. The maximum atomic E-state index is 13.5. The number of imidazole rings is 1. The van der Waals surface area contributed by atoms with Gasteiger partial charge in [-0.25, -0.2) is 9.37 Å². The third kappa shape index (κ3) is 3.90. The van der Waals surface area contributed by atoms with E-state index in [0.717, 1.165) is 28.8 Å². The molecule has 1 unspecified atom stereocenters. The van der Waals surface area contributed by atoms with E-state index < -0.39 is 0 Å². The fourth-order valence-electron chi connectivity index (χ4n) is 2.25. The summed E-state index contributed by atoms with van der Waals surface area (Å²) in [5.74, 6) is 0.752. The minimum absolute atomic E-state index is 0.0867. The van der Waals surface area contributed by atoms with Crippen molar-refractivity contribution in [1.29, 1.82) is 0 Å². The highest BCUT2D eigenvalue weighted by Crippen LogP contribution is 2.21. The zero-order valence-electron chi connectivity index (χ0n) is 11.7. The zero-order chi connectivity index (χ0) is 14.5. The van der Waals surface area contributed by atoms with Gasteiger partial charge < -0.3 is 9.88 Å². The molecule has 0 saturated carbocycles. The van der Waals surface area contributed by atoms with Crippen molar-refractivity contribution in [2.75, 3.05) is 6.54 Å². The van der Waals surface area contributed by atoms with Gasteiger partial charge in [-0.3, -0.25) is 0 Å². The Morgan fingerprint density at radius 2 is 2.20 bits per heavy atom. The third-order valence-electron chi connectivity index (χ3n) is 3.17. The van der Waals surface area contributed by atoms with Gasteiger partial charge in [-0.15, -0.1) is 0 Å². The molecule has 0 aliphatic rings. The Balaban J connectivity index is 2.21. The third-order valence-corrected chi connectivity index (χ3v) is 3.63. The number of aromatic nitrogens is 2. The summed E-state index contributed by atoms with van der Waals surface area (Å²) < 4.78 is 16.2. The first kappa shape index (κ1) is 15.2. The van der Waals surface area contributed by atoms with Gasteiger partial charge in [0.05, 0.1) is 6.04 Å². The van der Waals surface area contributed by atoms with Crippen LogP contribution in [0, 0.1) is 5.82 Å². The van der Waals surface area contributed by atoms with E-state index in [9.17, 15) is 4.39 Å². The van der Waals surface area contributed by atoms with Crippen molar-refractivity contribution in [3.63, 3.8) is 0 Å². The van der Waals surface area contributed by atoms with Crippen molar-refractivity contribution in [1.82, 2.24) is 14.9 Å². The van der Waals surface area contributed by atoms with Gasteiger partial charge in [0.25, 0.3) is 0 Å². The first-order chi connectivity index (χ1) is 9.60. The molecule has 0 spiro atoms. The average molecular weight is 340 g/mol. The second-order valence-electron chi connectivity index (χ2n) is 4.88. The van der Waals surface area contributed by atoms with Crippen LogP contribution in [0.4, 0.5) is 4.39 Å². The lowest BCUT2D eigenvalue weighted by Crippen LogP contribution is -2.26. The number of aryl methyl sites for hydroxylation is 1. The summed E-state index contributed by atoms with van der Waals surface area (Å²) in [4.78, 5) is 4.41. The number of benzene rings is 1. The van der Waals surface area contributed by atoms with E-state index in [1.165, 1.54) is 6.07 Å². The van der Waals surface area contributed by atoms with E-state index in [4.69, 9.17) is 0 Å². The van der Waals surface area contributed by atoms with Gasteiger partial charge in [-0.05, 0) is 43.1 Å². The van der Waals surface area contributed by atoms with Gasteiger partial charge in [0.1, 0.15) is 11.6 Å². The highest BCUT2D eigenvalue weighted by molar-refractivity contribution is 9.10. The van der Waals surface area contributed by atoms with Crippen LogP contribution in [0.15, 0.2) is 35.1 Å². The molecule has 0 amide bonds. The molecule has 0 bridgehead atoms. The molecule has 1 aromatic carbocycles. The molecule has 1 N–H and O–H groups in total. The molecule has 0 aliphatic carbocycles. The van der Waals surface area contributed by atoms with Crippen LogP contribution in [0.5, 0.6) is 0 Å². The number of rotatable bonds is 6. The second-order valence-corrected chi connectivity index (χ2v) is 5.80. The highest BCUT2D eigenvalue weighted by Gasteiger charge is 2.16. The second kappa shape index (κ2) is 6.99. The number of nitrogens with zero attached hydrogens (tertiary/aromatic N) is 2. The number of halogens is 2. The summed E-state index contributed by atoms with van der Waals surface area (Å²) in [6.07, 6.45) is 5.48. The molecular formula is C15H19BrFN3. The van der Waals surface area contributed by atoms with E-state index in [-0.39, 0.29) is 11.9 Å². The SMILES string of the molecule is CCCNC(Cc1cc(F)cc(Br)c1)c1nccn1C. The Kier molecular flexibility index (Phi) is 5.31. The summed E-state index contributed by atoms with van der Waals surface area (Å²) in [6, 6.07) is 5.09. The Bertz CT molecular complexity index is 548. The Hall–Kier alpha value is -1.20. The summed E-state index contributed by atoms with van der Waals surface area (Å²) in [5, 5.41) is 3.48. The average Bonchev–Trinajstić information content (AvgIpc) is 2.79. The molecule has 0 saturated heterocycles. The molecule has 5 heteroatoms. The highest BCUT2D eigenvalue weighted by atomic mass is 79.9. The molecule has 1 aromatic heterocycles. The summed E-state index contributed by atoms with van der Waals surface area (Å²) in [7, 11) is 1.98. The molecule has 2 aromatic rings. The Morgan fingerprint density at radius 3 is 2.80 bits per heavy atom. The minimum Gasteiger partial charge on any atom is -0.337 e. The summed E-state index contributed by atoms with van der Waals surface area (Å²) >= 11 is 3.34. The van der Waals surface area contributed by atoms with E-state index >= 15 is 0 Å². The lowest BCUT2D eigenvalue weighted by atomic mass is 10.0. The largest absolute Gasteiger partial charge is 0.337 e. The van der Waals surface area contributed by atoms with Crippen molar-refractivity contribution >= 4 is 15.9 Å². The minimum atomic E-state index is -0.219. The van der Waals surface area contributed by atoms with Crippen molar-refractivity contribution in [3.8, 4) is 0 Å². The van der Waals surface area contributed by atoms with Gasteiger partial charge in [-0.2, -0.15) is 0 Å². The van der Waals surface area contributed by atoms with Gasteiger partial charge >= 0.3 is 0 Å². The smallest absolute Gasteiger partial charge is 0.125 e. The van der Waals surface area contributed by atoms with E-state index in [2.05, 4.69) is 33.2 Å². The number of hydrogen-bond acceptors (Lipinski definition) is 2. The monoisotopic (exact) mass is 339 g/mol. The summed E-state index contributed by atoms with van der Waals surface area (Å²) in [6.45, 7) is 3.04. The molecule has 108 valence electrons. The van der Waals surface area contributed by atoms with Gasteiger partial charge in [0.2, 0.25) is 0 Å². The van der Waals surface area contributed by atoms with Gasteiger partial charge in [0.15, 0.2) is 0 Å². The normalized spacial score (nSPS) is 12.6. The fraction of sp³-hybridized carbons (Fsp3) is 0.400. The first-order valence-corrected chi connectivity index (χ1v) is 7.55. The predicted molar refractivity (Wildman–Crippen MR) is 82.0 cm³/mol. The van der Waals surface area contributed by atoms with Gasteiger partial charge in [0, 0.05) is 23.9 Å². The van der Waals surface area contributed by atoms with Crippen LogP contribution < -0.4 is 5.32 Å². The van der Waals surface area contributed by atoms with E-state index in [1.54, 1.807) is 12.3 Å². The molecule has 1 atom stereocenters. The topological polar surface area (TPSA) is 29.9 Å². The standard InChI is InChI=1S/C15H19BrFN3/c1-3-4-18-14(15-19-5-6-20(15)2)9-11-7-12(16)10-13(17)8-11/h5-8,10,14,18H,3-4,9H2,1-2H3. The van der Waals surface area contributed by atoms with Crippen LogP contribution in [0.2, 0.25) is 0 Å². The van der Waals surface area contributed by atoms with Gasteiger partial charge in [-0.1, -0.05) is 22.9 Å². The molecule has 3 nitrogen and oxygen atoms in total. The molecule has 1 heterocycles. The quantitative estimate of drug-likeness (QED) is 0.871. The maximum Gasteiger partial charge on any atom is 0.125 e. The molecule has 0 radical (unpaired) electrons. The molecular weight excluding hydrogens is 321 g/mol. The van der Waals surface area contributed by atoms with Crippen LogP contribution >= 0.6 is 15.9 Å². The lowest BCUT2D eigenvalue weighted by Gasteiger charge is -2.18. The first-order valence-electron chi connectivity index (χ1n) is 6.75. The number of hydrogen-bond donors (Lipinski definition) is 1. The van der Waals surface area contributed by atoms with Crippen LogP contribution in [0.1, 0.15) is 30.8 Å². The predicted octanol–water partition coefficient (Wildman–Crippen LogP) is 3.61. The molecule has 0 aliphatic heterocycles. The van der Waals surface area contributed by atoms with Crippen molar-refractivity contribution < 1.29 is 4.39 Å². The summed E-state index contributed by atoms with van der Waals surface area (Å²) in [5.41, 5.74) is 0.952. The van der Waals surface area contributed by atoms with Crippen LogP contribution in [-0.4, -0.2) is 16.1 Å². The van der Waals surface area contributed by atoms with Crippen molar-refractivity contribution in [2.24, 2.45) is 7.05 Å². The van der Waals surface area contributed by atoms with Crippen molar-refractivity contribution in [3.05, 3.63) is 52.3 Å². The fourth-order valence-corrected chi connectivity index (χ4v) is 2.76. The Morgan fingerprint density at radius 1 is 1.40 bits per heavy atom. The Labute approximate surface area is 127 Å². The number of nitrogens with one attached hydrogen (secondary N) is 1. The lowest BCUT2D eigenvalue weighted by molar-refractivity contribution is 0.490. The van der Waals surface area contributed by atoms with E-state index in [0.29, 0.717) is 6.42 Å². The molecule has 0 fully saturated rings. The van der Waals surface area contributed by atoms with Crippen LogP contribution in [0.3, 0.4) is 0 Å². The van der Waals surface area contributed by atoms with E-state index in [1.807, 2.05) is 23.9 Å². The maximum absolute atomic E-state index is 13.5. The molecule has 20 heavy (non-hydrogen) atoms.